The van der Waals surface area contributed by atoms with Gasteiger partial charge in [-0.05, 0) is 0 Å². The fourth-order valence-corrected chi connectivity index (χ4v) is 1.87. The van der Waals surface area contributed by atoms with Gasteiger partial charge in [-0.3, -0.25) is 4.79 Å². The molecule has 0 radical (unpaired) electrons. The van der Waals surface area contributed by atoms with E-state index in [9.17, 15) is 9.59 Å². The first-order valence-electron chi connectivity index (χ1n) is 3.79. The molecule has 4 nitrogen and oxygen atoms in total. The van der Waals surface area contributed by atoms with Gasteiger partial charge in [-0.25, -0.2) is 4.79 Å². The maximum Gasteiger partial charge on any atom is 0.327 e. The van der Waals surface area contributed by atoms with Crippen molar-refractivity contribution in [2.75, 3.05) is 11.6 Å². The summed E-state index contributed by atoms with van der Waals surface area (Å²) in [6, 6.07) is -0.915. The Morgan fingerprint density at radius 3 is 2.50 bits per heavy atom. The second kappa shape index (κ2) is 7.20. The summed E-state index contributed by atoms with van der Waals surface area (Å²) >= 11 is 12.3. The molecule has 2 N–H and O–H groups in total. The van der Waals surface area contributed by atoms with Crippen LogP contribution >= 0.6 is 35.0 Å². The van der Waals surface area contributed by atoms with Gasteiger partial charge in [0.25, 0.3) is 0 Å². The molecular weight excluding hydrogens is 249 g/mol. The number of amides is 1. The smallest absolute Gasteiger partial charge is 0.327 e. The van der Waals surface area contributed by atoms with Crippen molar-refractivity contribution in [2.24, 2.45) is 0 Å². The molecule has 0 aromatic rings. The standard InChI is InChI=1S/C7H11Cl2NO3S/c1-4(11)10-5(7(12)13)3-14-6(9)2-8/h5-6H,2-3H2,1H3,(H,10,11)(H,12,13)/t5-,6+/m0/s1. The van der Waals surface area contributed by atoms with Crippen LogP contribution in [-0.2, 0) is 9.59 Å². The summed E-state index contributed by atoms with van der Waals surface area (Å²) in [4.78, 5) is 21.3. The van der Waals surface area contributed by atoms with Crippen molar-refractivity contribution in [2.45, 2.75) is 17.7 Å². The summed E-state index contributed by atoms with van der Waals surface area (Å²) in [5.41, 5.74) is 0. The van der Waals surface area contributed by atoms with Crippen molar-refractivity contribution in [1.29, 1.82) is 0 Å². The van der Waals surface area contributed by atoms with Crippen molar-refractivity contribution < 1.29 is 14.7 Å². The summed E-state index contributed by atoms with van der Waals surface area (Å²) in [6.45, 7) is 1.26. The lowest BCUT2D eigenvalue weighted by molar-refractivity contribution is -0.140. The highest BCUT2D eigenvalue weighted by atomic mass is 35.5. The van der Waals surface area contributed by atoms with E-state index in [4.69, 9.17) is 28.3 Å². The lowest BCUT2D eigenvalue weighted by Crippen LogP contribution is -2.41. The lowest BCUT2D eigenvalue weighted by atomic mass is 10.3. The Morgan fingerprint density at radius 1 is 1.57 bits per heavy atom. The number of aliphatic carboxylic acids is 1. The summed E-state index contributed by atoms with van der Waals surface area (Å²) in [7, 11) is 0. The number of rotatable bonds is 6. The van der Waals surface area contributed by atoms with Crippen molar-refractivity contribution in [3.63, 3.8) is 0 Å². The van der Waals surface area contributed by atoms with Crippen LogP contribution in [0.4, 0.5) is 0 Å². The third kappa shape index (κ3) is 6.34. The minimum absolute atomic E-state index is 0.204. The zero-order valence-corrected chi connectivity index (χ0v) is 9.83. The molecule has 0 saturated carbocycles. The van der Waals surface area contributed by atoms with Crippen LogP contribution < -0.4 is 5.32 Å². The van der Waals surface area contributed by atoms with Crippen LogP contribution in [0.3, 0.4) is 0 Å². The SMILES string of the molecule is CC(=O)N[C@@H](CS[C@@H](Cl)CCl)C(=O)O. The second-order valence-electron chi connectivity index (χ2n) is 2.49. The number of hydrogen-bond acceptors (Lipinski definition) is 3. The first-order valence-corrected chi connectivity index (χ1v) is 5.81. The van der Waals surface area contributed by atoms with Crippen LogP contribution in [0.2, 0.25) is 0 Å². The van der Waals surface area contributed by atoms with Crippen molar-refractivity contribution >= 4 is 46.8 Å². The number of carboxylic acids is 1. The molecule has 0 aliphatic carbocycles. The average Bonchev–Trinajstić information content (AvgIpc) is 2.10. The molecule has 0 heterocycles. The molecular formula is C7H11Cl2NO3S. The van der Waals surface area contributed by atoms with E-state index in [0.29, 0.717) is 0 Å². The van der Waals surface area contributed by atoms with Gasteiger partial charge < -0.3 is 10.4 Å². The molecule has 14 heavy (non-hydrogen) atoms. The topological polar surface area (TPSA) is 66.4 Å². The molecule has 0 fully saturated rings. The molecule has 2 atom stereocenters. The zero-order valence-electron chi connectivity index (χ0n) is 7.50. The van der Waals surface area contributed by atoms with E-state index < -0.39 is 12.0 Å². The van der Waals surface area contributed by atoms with E-state index in [1.165, 1.54) is 18.7 Å². The third-order valence-corrected chi connectivity index (χ3v) is 3.48. The number of alkyl halides is 2. The van der Waals surface area contributed by atoms with Crippen LogP contribution in [0.5, 0.6) is 0 Å². The van der Waals surface area contributed by atoms with E-state index in [1.807, 2.05) is 0 Å². The van der Waals surface area contributed by atoms with Gasteiger partial charge in [0.05, 0.1) is 4.71 Å². The van der Waals surface area contributed by atoms with Gasteiger partial charge in [0, 0.05) is 18.6 Å². The Bertz CT molecular complexity index is 215. The third-order valence-electron chi connectivity index (χ3n) is 1.24. The molecule has 1 amide bonds. The fourth-order valence-electron chi connectivity index (χ4n) is 0.665. The zero-order chi connectivity index (χ0) is 11.1. The molecule has 0 saturated heterocycles. The van der Waals surface area contributed by atoms with E-state index >= 15 is 0 Å². The molecule has 0 aliphatic heterocycles. The quantitative estimate of drug-likeness (QED) is 0.702. The first-order chi connectivity index (χ1) is 6.47. The number of carbonyl (C=O) groups is 2. The summed E-state index contributed by atoms with van der Waals surface area (Å²) in [6.07, 6.45) is 0. The summed E-state index contributed by atoms with van der Waals surface area (Å²) < 4.78 is -0.340. The molecule has 82 valence electrons. The molecule has 0 bridgehead atoms. The van der Waals surface area contributed by atoms with Crippen molar-refractivity contribution in [3.8, 4) is 0 Å². The Labute approximate surface area is 96.3 Å². The maximum absolute atomic E-state index is 10.6. The van der Waals surface area contributed by atoms with Crippen LogP contribution in [0.1, 0.15) is 6.92 Å². The molecule has 0 aromatic carbocycles. The average molecular weight is 260 g/mol. The number of hydrogen-bond donors (Lipinski definition) is 2. The van der Waals surface area contributed by atoms with Crippen molar-refractivity contribution in [3.05, 3.63) is 0 Å². The Hall–Kier alpha value is -0.130. The van der Waals surface area contributed by atoms with Gasteiger partial charge in [-0.1, -0.05) is 0 Å². The Balaban J connectivity index is 3.97. The first kappa shape index (κ1) is 13.9. The largest absolute Gasteiger partial charge is 0.480 e. The number of carboxylic acid groups (broad SMARTS) is 1. The van der Waals surface area contributed by atoms with Gasteiger partial charge in [0.15, 0.2) is 0 Å². The van der Waals surface area contributed by atoms with E-state index in [1.54, 1.807) is 0 Å². The number of nitrogens with one attached hydrogen (secondary N) is 1. The van der Waals surface area contributed by atoms with E-state index in [-0.39, 0.29) is 22.2 Å². The van der Waals surface area contributed by atoms with Crippen LogP contribution in [0.15, 0.2) is 0 Å². The molecule has 0 aliphatic rings. The molecule has 0 spiro atoms. The second-order valence-corrected chi connectivity index (χ2v) is 4.82. The number of carbonyl (C=O) groups excluding carboxylic acids is 1. The molecule has 0 unspecified atom stereocenters. The highest BCUT2D eigenvalue weighted by Crippen LogP contribution is 2.17. The Kier molecular flexibility index (Phi) is 7.13. The monoisotopic (exact) mass is 259 g/mol. The van der Waals surface area contributed by atoms with E-state index in [2.05, 4.69) is 5.32 Å². The molecule has 7 heteroatoms. The maximum atomic E-state index is 10.6. The van der Waals surface area contributed by atoms with Gasteiger partial charge in [-0.15, -0.1) is 35.0 Å². The fraction of sp³-hybridized carbons (Fsp3) is 0.714. The summed E-state index contributed by atoms with van der Waals surface area (Å²) in [5.74, 6) is -1.02. The van der Waals surface area contributed by atoms with Gasteiger partial charge in [-0.2, -0.15) is 0 Å². The predicted octanol–water partition coefficient (Wildman–Crippen LogP) is 1.11. The number of halogens is 2. The van der Waals surface area contributed by atoms with E-state index in [0.717, 1.165) is 0 Å². The highest BCUT2D eigenvalue weighted by molar-refractivity contribution is 8.01. The van der Waals surface area contributed by atoms with Gasteiger partial charge >= 0.3 is 5.97 Å². The highest BCUT2D eigenvalue weighted by Gasteiger charge is 2.19. The lowest BCUT2D eigenvalue weighted by Gasteiger charge is -2.13. The normalized spacial score (nSPS) is 14.5. The summed E-state index contributed by atoms with van der Waals surface area (Å²) in [5, 5.41) is 11.0. The van der Waals surface area contributed by atoms with Crippen LogP contribution in [0.25, 0.3) is 0 Å². The molecule has 0 rings (SSSR count). The van der Waals surface area contributed by atoms with Crippen molar-refractivity contribution in [1.82, 2.24) is 5.32 Å². The molecule has 0 aromatic heterocycles. The van der Waals surface area contributed by atoms with Crippen LogP contribution in [-0.4, -0.2) is 39.4 Å². The Morgan fingerprint density at radius 2 is 2.14 bits per heavy atom. The van der Waals surface area contributed by atoms with Gasteiger partial charge in [0.1, 0.15) is 6.04 Å². The minimum Gasteiger partial charge on any atom is -0.480 e. The predicted molar refractivity (Wildman–Crippen MR) is 58.1 cm³/mol. The minimum atomic E-state index is -1.08. The van der Waals surface area contributed by atoms with Gasteiger partial charge in [0.2, 0.25) is 5.91 Å². The number of thioether (sulfide) groups is 1. The van der Waals surface area contributed by atoms with Crippen LogP contribution in [0, 0.1) is 0 Å².